The van der Waals surface area contributed by atoms with Gasteiger partial charge in [-0.15, -0.1) is 0 Å². The number of ether oxygens (including phenoxy) is 1. The zero-order valence-corrected chi connectivity index (χ0v) is 18.7. The number of fused-ring (bicyclic) bond motifs is 3. The number of alkyl carbamates (subject to hydrolysis) is 1. The second kappa shape index (κ2) is 9.97. The second-order valence-electron chi connectivity index (χ2n) is 8.90. The van der Waals surface area contributed by atoms with Gasteiger partial charge < -0.3 is 20.5 Å². The molecule has 2 aromatic rings. The fourth-order valence-corrected chi connectivity index (χ4v) is 4.86. The molecule has 2 amide bonds. The number of nitrogens with one attached hydrogen (secondary N) is 2. The Morgan fingerprint density at radius 3 is 2.14 bits per heavy atom. The molecule has 7 nitrogen and oxygen atoms in total. The molecule has 2 aliphatic carbocycles. The van der Waals surface area contributed by atoms with E-state index in [9.17, 15) is 27.6 Å². The summed E-state index contributed by atoms with van der Waals surface area (Å²) in [4.78, 5) is 36.1. The molecule has 10 heteroatoms. The Morgan fingerprint density at radius 2 is 1.60 bits per heavy atom. The summed E-state index contributed by atoms with van der Waals surface area (Å²) in [5.41, 5.74) is 3.89. The van der Waals surface area contributed by atoms with Gasteiger partial charge in [-0.05, 0) is 41.5 Å². The first-order valence-electron chi connectivity index (χ1n) is 11.3. The Labute approximate surface area is 199 Å². The van der Waals surface area contributed by atoms with Crippen LogP contribution >= 0.6 is 0 Å². The summed E-state index contributed by atoms with van der Waals surface area (Å²) in [5.74, 6) is -2.97. The van der Waals surface area contributed by atoms with Crippen LogP contribution < -0.4 is 10.6 Å². The van der Waals surface area contributed by atoms with Crippen molar-refractivity contribution in [1.29, 1.82) is 0 Å². The Kier molecular flexibility index (Phi) is 7.00. The molecule has 0 aromatic heterocycles. The number of hydrogen-bond donors (Lipinski definition) is 3. The van der Waals surface area contributed by atoms with E-state index in [4.69, 9.17) is 9.84 Å². The molecule has 3 N–H and O–H groups in total. The molecule has 2 aromatic carbocycles. The van der Waals surface area contributed by atoms with Gasteiger partial charge in [0.25, 0.3) is 0 Å². The molecule has 1 unspecified atom stereocenters. The van der Waals surface area contributed by atoms with Gasteiger partial charge in [0.15, 0.2) is 0 Å². The summed E-state index contributed by atoms with van der Waals surface area (Å²) in [6.45, 7) is -0.108. The van der Waals surface area contributed by atoms with Crippen LogP contribution in [-0.2, 0) is 14.3 Å². The van der Waals surface area contributed by atoms with Crippen molar-refractivity contribution in [2.45, 2.75) is 49.9 Å². The number of alkyl halides is 3. The maximum Gasteiger partial charge on any atom is 0.407 e. The largest absolute Gasteiger partial charge is 0.481 e. The number of rotatable bonds is 7. The zero-order chi connectivity index (χ0) is 25.2. The van der Waals surface area contributed by atoms with E-state index in [2.05, 4.69) is 5.32 Å². The highest BCUT2D eigenvalue weighted by atomic mass is 19.4. The first-order valence-corrected chi connectivity index (χ1v) is 11.3. The van der Waals surface area contributed by atoms with Crippen molar-refractivity contribution in [3.8, 4) is 11.1 Å². The normalized spacial score (nSPS) is 20.0. The topological polar surface area (TPSA) is 105 Å². The number of carboxylic acid groups (broad SMARTS) is 1. The van der Waals surface area contributed by atoms with E-state index in [1.165, 1.54) is 0 Å². The van der Waals surface area contributed by atoms with Crippen LogP contribution in [0.5, 0.6) is 0 Å². The maximum absolute atomic E-state index is 13.1. The highest BCUT2D eigenvalue weighted by Crippen LogP contribution is 2.44. The number of halogens is 3. The Bertz CT molecular complexity index is 1070. The van der Waals surface area contributed by atoms with Crippen LogP contribution in [0.1, 0.15) is 42.7 Å². The van der Waals surface area contributed by atoms with Gasteiger partial charge in [0.1, 0.15) is 12.6 Å². The van der Waals surface area contributed by atoms with Crippen molar-refractivity contribution >= 4 is 18.0 Å². The first kappa shape index (κ1) is 24.6. The smallest absolute Gasteiger partial charge is 0.407 e. The van der Waals surface area contributed by atoms with Gasteiger partial charge in [0, 0.05) is 12.0 Å². The third kappa shape index (κ3) is 5.75. The van der Waals surface area contributed by atoms with Crippen molar-refractivity contribution in [3.05, 3.63) is 59.7 Å². The van der Waals surface area contributed by atoms with E-state index in [1.54, 1.807) is 0 Å². The van der Waals surface area contributed by atoms with E-state index < -0.39 is 48.6 Å². The van der Waals surface area contributed by atoms with E-state index >= 15 is 0 Å². The van der Waals surface area contributed by atoms with Crippen LogP contribution in [0.2, 0.25) is 0 Å². The molecule has 1 fully saturated rings. The lowest BCUT2D eigenvalue weighted by Gasteiger charge is -2.22. The summed E-state index contributed by atoms with van der Waals surface area (Å²) < 4.78 is 44.6. The number of hydrogen-bond acceptors (Lipinski definition) is 4. The van der Waals surface area contributed by atoms with Gasteiger partial charge in [0.2, 0.25) is 5.91 Å². The molecule has 0 saturated heterocycles. The van der Waals surface area contributed by atoms with Crippen LogP contribution in [0, 0.1) is 5.92 Å². The molecular formula is C25H25F3N2O5. The molecule has 0 bridgehead atoms. The third-order valence-electron chi connectivity index (χ3n) is 6.52. The summed E-state index contributed by atoms with van der Waals surface area (Å²) in [5, 5.41) is 13.6. The SMILES string of the molecule is O=C(NC(CC(F)(F)F)C(=O)N[C@H]1CC[C@@H](C(=O)O)C1)OCC1c2ccccc2-c2ccccc21. The Hall–Kier alpha value is -3.56. The van der Waals surface area contributed by atoms with Crippen LogP contribution in [-0.4, -0.2) is 47.9 Å². The van der Waals surface area contributed by atoms with Gasteiger partial charge >= 0.3 is 18.2 Å². The van der Waals surface area contributed by atoms with Crippen molar-refractivity contribution in [2.75, 3.05) is 6.61 Å². The van der Waals surface area contributed by atoms with E-state index in [1.807, 2.05) is 53.8 Å². The minimum Gasteiger partial charge on any atom is -0.481 e. The average molecular weight is 490 g/mol. The standard InChI is InChI=1S/C25H25F3N2O5/c26-25(27,28)12-21(22(31)29-15-10-9-14(11-15)23(32)33)30-24(34)35-13-20-18-7-3-1-5-16(18)17-6-2-4-8-19(17)20/h1-8,14-15,20-21H,9-13H2,(H,29,31)(H,30,34)(H,32,33)/t14-,15+,21?/m1/s1. The highest BCUT2D eigenvalue weighted by molar-refractivity contribution is 5.86. The fourth-order valence-electron chi connectivity index (χ4n) is 4.86. The molecule has 0 heterocycles. The maximum atomic E-state index is 13.1. The lowest BCUT2D eigenvalue weighted by Crippen LogP contribution is -2.51. The summed E-state index contributed by atoms with van der Waals surface area (Å²) in [6, 6.07) is 12.8. The predicted molar refractivity (Wildman–Crippen MR) is 120 cm³/mol. The summed E-state index contributed by atoms with van der Waals surface area (Å²) >= 11 is 0. The number of carbonyl (C=O) groups excluding carboxylic acids is 2. The number of carbonyl (C=O) groups is 3. The molecule has 0 aliphatic heterocycles. The van der Waals surface area contributed by atoms with Crippen LogP contribution in [0.4, 0.5) is 18.0 Å². The van der Waals surface area contributed by atoms with Crippen molar-refractivity contribution in [1.82, 2.24) is 10.6 Å². The molecule has 4 rings (SSSR count). The monoisotopic (exact) mass is 490 g/mol. The van der Waals surface area contributed by atoms with E-state index in [-0.39, 0.29) is 18.9 Å². The van der Waals surface area contributed by atoms with Gasteiger partial charge in [-0.3, -0.25) is 9.59 Å². The Balaban J connectivity index is 1.39. The lowest BCUT2D eigenvalue weighted by atomic mass is 9.98. The number of aliphatic carboxylic acids is 1. The quantitative estimate of drug-likeness (QED) is 0.539. The summed E-state index contributed by atoms with van der Waals surface area (Å²) in [6.07, 6.45) is -6.62. The zero-order valence-electron chi connectivity index (χ0n) is 18.7. The molecule has 35 heavy (non-hydrogen) atoms. The van der Waals surface area contributed by atoms with E-state index in [0.29, 0.717) is 12.8 Å². The fraction of sp³-hybridized carbons (Fsp3) is 0.400. The highest BCUT2D eigenvalue weighted by Gasteiger charge is 2.39. The second-order valence-corrected chi connectivity index (χ2v) is 8.90. The predicted octanol–water partition coefficient (Wildman–Crippen LogP) is 4.22. The minimum absolute atomic E-state index is 0.108. The van der Waals surface area contributed by atoms with Gasteiger partial charge in [-0.25, -0.2) is 4.79 Å². The van der Waals surface area contributed by atoms with Gasteiger partial charge in [0.05, 0.1) is 12.3 Å². The molecule has 1 saturated carbocycles. The van der Waals surface area contributed by atoms with Gasteiger partial charge in [-0.1, -0.05) is 48.5 Å². The molecule has 0 radical (unpaired) electrons. The molecular weight excluding hydrogens is 465 g/mol. The lowest BCUT2D eigenvalue weighted by molar-refractivity contribution is -0.149. The average Bonchev–Trinajstić information content (AvgIpc) is 3.39. The molecule has 186 valence electrons. The molecule has 3 atom stereocenters. The van der Waals surface area contributed by atoms with Crippen LogP contribution in [0.25, 0.3) is 11.1 Å². The molecule has 2 aliphatic rings. The van der Waals surface area contributed by atoms with E-state index in [0.717, 1.165) is 22.3 Å². The van der Waals surface area contributed by atoms with Gasteiger partial charge in [-0.2, -0.15) is 13.2 Å². The third-order valence-corrected chi connectivity index (χ3v) is 6.52. The number of carboxylic acids is 1. The van der Waals surface area contributed by atoms with Crippen LogP contribution in [0.15, 0.2) is 48.5 Å². The number of amides is 2. The van der Waals surface area contributed by atoms with Crippen molar-refractivity contribution in [3.63, 3.8) is 0 Å². The number of benzene rings is 2. The van der Waals surface area contributed by atoms with Crippen LogP contribution in [0.3, 0.4) is 0 Å². The first-order chi connectivity index (χ1) is 16.6. The Morgan fingerprint density at radius 1 is 1.00 bits per heavy atom. The van der Waals surface area contributed by atoms with Crippen molar-refractivity contribution < 1.29 is 37.4 Å². The minimum atomic E-state index is -4.71. The molecule has 0 spiro atoms. The summed E-state index contributed by atoms with van der Waals surface area (Å²) in [7, 11) is 0. The van der Waals surface area contributed by atoms with Crippen molar-refractivity contribution in [2.24, 2.45) is 5.92 Å².